The second-order valence-corrected chi connectivity index (χ2v) is 8.50. The molecule has 0 aliphatic carbocycles. The fraction of sp³-hybridized carbons (Fsp3) is 0.650. The van der Waals surface area contributed by atoms with Gasteiger partial charge in [-0.15, -0.1) is 35.3 Å². The highest BCUT2D eigenvalue weighted by atomic mass is 127. The molecule has 1 aliphatic rings. The molecule has 0 aromatic carbocycles. The lowest BCUT2D eigenvalue weighted by molar-refractivity contribution is 0.189. The van der Waals surface area contributed by atoms with E-state index in [1.807, 2.05) is 12.5 Å². The summed E-state index contributed by atoms with van der Waals surface area (Å²) in [5.41, 5.74) is 1.16. The lowest BCUT2D eigenvalue weighted by Gasteiger charge is -2.39. The average molecular weight is 516 g/mol. The van der Waals surface area contributed by atoms with Crippen molar-refractivity contribution in [3.05, 3.63) is 34.8 Å². The predicted octanol–water partition coefficient (Wildman–Crippen LogP) is 4.17. The molecule has 6 nitrogen and oxygen atoms in total. The lowest BCUT2D eigenvalue weighted by atomic mass is 9.93. The monoisotopic (exact) mass is 516 g/mol. The molecule has 2 aromatic rings. The standard InChI is InChI=1S/C20H32N6S.HI/c1-5-22-20(23-8-6-17-13-27-19(24-17)15(2)3)25-10-7-16(4)18(12-25)26-11-9-21-14-26;/h9,11,13-16,18H,5-8,10,12H2,1-4H3,(H,22,23);1H. The van der Waals surface area contributed by atoms with E-state index in [4.69, 9.17) is 9.98 Å². The summed E-state index contributed by atoms with van der Waals surface area (Å²) in [7, 11) is 0. The first-order chi connectivity index (χ1) is 13.1. The topological polar surface area (TPSA) is 58.3 Å². The van der Waals surface area contributed by atoms with E-state index in [1.54, 1.807) is 11.3 Å². The maximum Gasteiger partial charge on any atom is 0.193 e. The van der Waals surface area contributed by atoms with Crippen LogP contribution in [0.25, 0.3) is 0 Å². The van der Waals surface area contributed by atoms with Crippen LogP contribution in [-0.4, -0.2) is 51.6 Å². The van der Waals surface area contributed by atoms with Gasteiger partial charge in [0.1, 0.15) is 0 Å². The predicted molar refractivity (Wildman–Crippen MR) is 128 cm³/mol. The van der Waals surface area contributed by atoms with Crippen LogP contribution < -0.4 is 5.32 Å². The summed E-state index contributed by atoms with van der Waals surface area (Å²) in [6.45, 7) is 12.5. The molecule has 2 aromatic heterocycles. The van der Waals surface area contributed by atoms with Crippen LogP contribution in [0.15, 0.2) is 29.1 Å². The number of thiazole rings is 1. The maximum absolute atomic E-state index is 4.90. The van der Waals surface area contributed by atoms with Crippen molar-refractivity contribution in [2.45, 2.75) is 52.5 Å². The van der Waals surface area contributed by atoms with Crippen molar-refractivity contribution in [3.63, 3.8) is 0 Å². The number of nitrogens with zero attached hydrogens (tertiary/aromatic N) is 5. The van der Waals surface area contributed by atoms with Gasteiger partial charge in [-0.1, -0.05) is 20.8 Å². The Morgan fingerprint density at radius 2 is 2.25 bits per heavy atom. The molecule has 28 heavy (non-hydrogen) atoms. The fourth-order valence-corrected chi connectivity index (χ4v) is 4.37. The number of piperidine rings is 1. The second kappa shape index (κ2) is 11.1. The van der Waals surface area contributed by atoms with Crippen molar-refractivity contribution in [2.24, 2.45) is 10.9 Å². The Hall–Kier alpha value is -1.16. The van der Waals surface area contributed by atoms with Gasteiger partial charge in [0.05, 0.1) is 23.1 Å². The summed E-state index contributed by atoms with van der Waals surface area (Å²) < 4.78 is 2.24. The molecule has 0 amide bonds. The van der Waals surface area contributed by atoms with Gasteiger partial charge in [0.15, 0.2) is 5.96 Å². The van der Waals surface area contributed by atoms with Crippen molar-refractivity contribution in [1.82, 2.24) is 24.8 Å². The molecule has 1 fully saturated rings. The molecule has 2 unspecified atom stereocenters. The second-order valence-electron chi connectivity index (χ2n) is 7.61. The summed E-state index contributed by atoms with van der Waals surface area (Å²) >= 11 is 1.76. The Bertz CT molecular complexity index is 727. The number of guanidine groups is 1. The highest BCUT2D eigenvalue weighted by Crippen LogP contribution is 2.27. The quantitative estimate of drug-likeness (QED) is 0.356. The molecule has 8 heteroatoms. The minimum Gasteiger partial charge on any atom is -0.357 e. The van der Waals surface area contributed by atoms with E-state index in [0.717, 1.165) is 50.7 Å². The van der Waals surface area contributed by atoms with E-state index in [1.165, 1.54) is 5.01 Å². The van der Waals surface area contributed by atoms with Crippen molar-refractivity contribution in [1.29, 1.82) is 0 Å². The van der Waals surface area contributed by atoms with Crippen molar-refractivity contribution in [3.8, 4) is 0 Å². The molecule has 1 saturated heterocycles. The Morgan fingerprint density at radius 3 is 2.89 bits per heavy atom. The molecule has 3 rings (SSSR count). The first-order valence-corrected chi connectivity index (χ1v) is 10.9. The summed E-state index contributed by atoms with van der Waals surface area (Å²) in [6.07, 6.45) is 7.93. The molecule has 0 radical (unpaired) electrons. The zero-order valence-electron chi connectivity index (χ0n) is 17.3. The zero-order chi connectivity index (χ0) is 19.2. The molecule has 156 valence electrons. The first kappa shape index (κ1) is 23.1. The van der Waals surface area contributed by atoms with Gasteiger partial charge < -0.3 is 14.8 Å². The first-order valence-electron chi connectivity index (χ1n) is 10.0. The van der Waals surface area contributed by atoms with Crippen LogP contribution in [0.1, 0.15) is 56.8 Å². The van der Waals surface area contributed by atoms with Gasteiger partial charge in [0, 0.05) is 56.3 Å². The molecule has 3 heterocycles. The van der Waals surface area contributed by atoms with Crippen LogP contribution in [0.4, 0.5) is 0 Å². The smallest absolute Gasteiger partial charge is 0.193 e. The van der Waals surface area contributed by atoms with Gasteiger partial charge in [-0.3, -0.25) is 4.99 Å². The highest BCUT2D eigenvalue weighted by molar-refractivity contribution is 14.0. The number of imidazole rings is 1. The Labute approximate surface area is 189 Å². The molecular weight excluding hydrogens is 483 g/mol. The third-order valence-electron chi connectivity index (χ3n) is 5.15. The number of likely N-dealkylation sites (tertiary alicyclic amines) is 1. The lowest BCUT2D eigenvalue weighted by Crippen LogP contribution is -2.49. The van der Waals surface area contributed by atoms with Crippen molar-refractivity contribution >= 4 is 41.3 Å². The number of hydrogen-bond acceptors (Lipinski definition) is 4. The minimum atomic E-state index is 0. The van der Waals surface area contributed by atoms with Gasteiger partial charge in [-0.05, 0) is 19.3 Å². The van der Waals surface area contributed by atoms with Crippen LogP contribution >= 0.6 is 35.3 Å². The van der Waals surface area contributed by atoms with Gasteiger partial charge in [-0.25, -0.2) is 9.97 Å². The van der Waals surface area contributed by atoms with Gasteiger partial charge in [-0.2, -0.15) is 0 Å². The Morgan fingerprint density at radius 1 is 1.43 bits per heavy atom. The van der Waals surface area contributed by atoms with E-state index < -0.39 is 0 Å². The number of rotatable bonds is 6. The molecule has 0 saturated carbocycles. The highest BCUT2D eigenvalue weighted by Gasteiger charge is 2.28. The zero-order valence-corrected chi connectivity index (χ0v) is 20.5. The van der Waals surface area contributed by atoms with Crippen LogP contribution in [-0.2, 0) is 6.42 Å². The third kappa shape index (κ3) is 5.92. The minimum absolute atomic E-state index is 0. The Balaban J connectivity index is 0.00000280. The van der Waals surface area contributed by atoms with E-state index >= 15 is 0 Å². The van der Waals surface area contributed by atoms with Crippen LogP contribution in [0, 0.1) is 5.92 Å². The van der Waals surface area contributed by atoms with Gasteiger partial charge in [0.25, 0.3) is 0 Å². The largest absolute Gasteiger partial charge is 0.357 e. The third-order valence-corrected chi connectivity index (χ3v) is 6.35. The van der Waals surface area contributed by atoms with Gasteiger partial charge >= 0.3 is 0 Å². The normalized spacial score (nSPS) is 20.3. The van der Waals surface area contributed by atoms with Crippen molar-refractivity contribution < 1.29 is 0 Å². The maximum atomic E-state index is 4.90. The average Bonchev–Trinajstić information content (AvgIpc) is 3.33. The molecule has 1 N–H and O–H groups in total. The number of halogens is 1. The van der Waals surface area contributed by atoms with Crippen LogP contribution in [0.3, 0.4) is 0 Å². The molecule has 0 spiro atoms. The van der Waals surface area contributed by atoms with Crippen LogP contribution in [0.5, 0.6) is 0 Å². The number of aromatic nitrogens is 3. The van der Waals surface area contributed by atoms with E-state index in [9.17, 15) is 0 Å². The SMILES string of the molecule is CCNC(=NCCc1csc(C(C)C)n1)N1CCC(C)C(n2ccnc2)C1.I. The summed E-state index contributed by atoms with van der Waals surface area (Å²) in [5.74, 6) is 2.16. The molecule has 2 atom stereocenters. The summed E-state index contributed by atoms with van der Waals surface area (Å²) in [4.78, 5) is 16.3. The molecule has 1 aliphatic heterocycles. The number of hydrogen-bond donors (Lipinski definition) is 1. The van der Waals surface area contributed by atoms with E-state index in [0.29, 0.717) is 17.9 Å². The van der Waals surface area contributed by atoms with Crippen molar-refractivity contribution in [2.75, 3.05) is 26.2 Å². The number of aliphatic imine (C=N–C) groups is 1. The fourth-order valence-electron chi connectivity index (χ4n) is 3.50. The number of nitrogens with one attached hydrogen (secondary N) is 1. The van der Waals surface area contributed by atoms with Crippen LogP contribution in [0.2, 0.25) is 0 Å². The molecule has 0 bridgehead atoms. The van der Waals surface area contributed by atoms with E-state index in [2.05, 4.69) is 59.0 Å². The van der Waals surface area contributed by atoms with Gasteiger partial charge in [0.2, 0.25) is 0 Å². The van der Waals surface area contributed by atoms with E-state index in [-0.39, 0.29) is 24.0 Å². The molecular formula is C20H33IN6S. The Kier molecular flexibility index (Phi) is 9.20. The summed E-state index contributed by atoms with van der Waals surface area (Å²) in [6, 6.07) is 0.442. The summed E-state index contributed by atoms with van der Waals surface area (Å²) in [5, 5.41) is 6.87.